The van der Waals surface area contributed by atoms with Crippen molar-refractivity contribution in [2.45, 2.75) is 95.2 Å². The van der Waals surface area contributed by atoms with Crippen molar-refractivity contribution < 1.29 is 23.4 Å². The quantitative estimate of drug-likeness (QED) is 0.318. The molecule has 4 rings (SSSR count). The number of hydrogen-bond acceptors (Lipinski definition) is 4. The van der Waals surface area contributed by atoms with Crippen LogP contribution < -0.4 is 4.74 Å². The molecule has 37 heavy (non-hydrogen) atoms. The second-order valence-electron chi connectivity index (χ2n) is 10.4. The molecule has 0 saturated heterocycles. The highest BCUT2D eigenvalue weighted by molar-refractivity contribution is 5.98. The maximum Gasteiger partial charge on any atom is 0.167 e. The molecule has 7 heteroatoms. The number of benzene rings is 2. The van der Waals surface area contributed by atoms with Crippen LogP contribution in [0.2, 0.25) is 0 Å². The summed E-state index contributed by atoms with van der Waals surface area (Å²) < 4.78 is 33.0. The van der Waals surface area contributed by atoms with E-state index in [-0.39, 0.29) is 42.6 Å². The number of nitrogens with zero attached hydrogens (tertiary/aromatic N) is 1. The third-order valence-corrected chi connectivity index (χ3v) is 7.74. The summed E-state index contributed by atoms with van der Waals surface area (Å²) in [6, 6.07) is 11.0. The molecule has 204 valence electrons. The normalized spacial score (nSPS) is 17.8. The molecule has 0 amide bonds. The number of aliphatic hydroxyl groups is 1. The Labute approximate surface area is 225 Å². The van der Waals surface area contributed by atoms with Crippen LogP contribution in [0, 0.1) is 11.6 Å². The summed E-state index contributed by atoms with van der Waals surface area (Å²) in [4.78, 5) is 15.4. The number of aliphatic hydroxyl groups excluding tert-OH is 1. The van der Waals surface area contributed by atoms with Crippen LogP contribution in [0.3, 0.4) is 0 Å². The van der Waals surface area contributed by atoms with Gasteiger partial charge in [-0.05, 0) is 68.0 Å². The van der Waals surface area contributed by atoms with Crippen LogP contribution in [0.25, 0.3) is 0 Å². The fraction of sp³-hybridized carbons (Fsp3) is 0.567. The number of ether oxygens (including phenoxy) is 1. The molecule has 1 unspecified atom stereocenters. The molecule has 2 aliphatic rings. The van der Waals surface area contributed by atoms with Crippen LogP contribution in [-0.4, -0.2) is 47.1 Å². The summed E-state index contributed by atoms with van der Waals surface area (Å²) in [7, 11) is 0. The predicted octanol–water partition coefficient (Wildman–Crippen LogP) is 6.91. The van der Waals surface area contributed by atoms with E-state index >= 15 is 0 Å². The van der Waals surface area contributed by atoms with Crippen molar-refractivity contribution in [3.63, 3.8) is 0 Å². The monoisotopic (exact) mass is 535 g/mol. The summed E-state index contributed by atoms with van der Waals surface area (Å²) in [5.41, 5.74) is 1.02. The van der Waals surface area contributed by atoms with E-state index in [0.717, 1.165) is 5.56 Å². The van der Waals surface area contributed by atoms with Crippen molar-refractivity contribution in [2.24, 2.45) is 0 Å². The lowest BCUT2D eigenvalue weighted by molar-refractivity contribution is 0.0116. The third-order valence-electron chi connectivity index (χ3n) is 7.74. The fourth-order valence-corrected chi connectivity index (χ4v) is 5.79. The SMILES string of the molecule is Cl.O=C(CCc1ccc(F)cc1)c1cc(F)ccc1OCC(O)CN(C1CCCCC1)C1CCCCC1. The van der Waals surface area contributed by atoms with Gasteiger partial charge in [-0.2, -0.15) is 0 Å². The average molecular weight is 536 g/mol. The molecule has 0 aliphatic heterocycles. The van der Waals surface area contributed by atoms with Gasteiger partial charge in [0.25, 0.3) is 0 Å². The van der Waals surface area contributed by atoms with Gasteiger partial charge in [0.1, 0.15) is 30.1 Å². The second-order valence-corrected chi connectivity index (χ2v) is 10.4. The summed E-state index contributed by atoms with van der Waals surface area (Å²) >= 11 is 0. The van der Waals surface area contributed by atoms with Gasteiger partial charge in [-0.25, -0.2) is 8.78 Å². The molecule has 1 atom stereocenters. The first kappa shape index (κ1) is 29.5. The highest BCUT2D eigenvalue weighted by Gasteiger charge is 2.30. The zero-order valence-electron chi connectivity index (χ0n) is 21.5. The Balaban J connectivity index is 0.00000380. The molecule has 2 aromatic rings. The van der Waals surface area contributed by atoms with Crippen LogP contribution >= 0.6 is 12.4 Å². The molecular formula is C30H40ClF2NO3. The van der Waals surface area contributed by atoms with Crippen LogP contribution in [0.1, 0.15) is 86.6 Å². The lowest BCUT2D eigenvalue weighted by atomic mass is 9.88. The van der Waals surface area contributed by atoms with E-state index in [1.807, 2.05) is 0 Å². The summed E-state index contributed by atoms with van der Waals surface area (Å²) in [5.74, 6) is -0.778. The molecule has 0 radical (unpaired) electrons. The van der Waals surface area contributed by atoms with Gasteiger partial charge in [0, 0.05) is 25.0 Å². The van der Waals surface area contributed by atoms with Crippen molar-refractivity contribution in [2.75, 3.05) is 13.2 Å². The summed E-state index contributed by atoms with van der Waals surface area (Å²) in [6.07, 6.45) is 12.2. The van der Waals surface area contributed by atoms with Gasteiger partial charge in [-0.1, -0.05) is 50.7 Å². The Hall–Kier alpha value is -2.02. The Morgan fingerprint density at radius 1 is 0.892 bits per heavy atom. The van der Waals surface area contributed by atoms with Crippen molar-refractivity contribution in [3.05, 3.63) is 65.2 Å². The first-order valence-electron chi connectivity index (χ1n) is 13.6. The number of carbonyl (C=O) groups is 1. The second kappa shape index (κ2) is 14.8. The van der Waals surface area contributed by atoms with E-state index in [1.165, 1.54) is 94.5 Å². The zero-order valence-corrected chi connectivity index (χ0v) is 22.4. The minimum Gasteiger partial charge on any atom is -0.490 e. The highest BCUT2D eigenvalue weighted by Crippen LogP contribution is 2.30. The molecule has 2 fully saturated rings. The Bertz CT molecular complexity index is 957. The number of ketones is 1. The van der Waals surface area contributed by atoms with E-state index < -0.39 is 11.9 Å². The Morgan fingerprint density at radius 3 is 2.05 bits per heavy atom. The third kappa shape index (κ3) is 8.76. The molecule has 0 bridgehead atoms. The van der Waals surface area contributed by atoms with E-state index in [2.05, 4.69) is 4.90 Å². The van der Waals surface area contributed by atoms with Gasteiger partial charge in [-0.15, -0.1) is 12.4 Å². The van der Waals surface area contributed by atoms with Crippen molar-refractivity contribution >= 4 is 18.2 Å². The number of hydrogen-bond donors (Lipinski definition) is 1. The van der Waals surface area contributed by atoms with E-state index in [4.69, 9.17) is 4.74 Å². The van der Waals surface area contributed by atoms with E-state index in [9.17, 15) is 18.7 Å². The van der Waals surface area contributed by atoms with E-state index in [0.29, 0.717) is 30.8 Å². The van der Waals surface area contributed by atoms with Gasteiger partial charge in [0.05, 0.1) is 5.56 Å². The lowest BCUT2D eigenvalue weighted by Gasteiger charge is -2.42. The maximum atomic E-state index is 14.0. The molecule has 0 spiro atoms. The van der Waals surface area contributed by atoms with Crippen molar-refractivity contribution in [3.8, 4) is 5.75 Å². The van der Waals surface area contributed by atoms with Gasteiger partial charge < -0.3 is 9.84 Å². The highest BCUT2D eigenvalue weighted by atomic mass is 35.5. The molecule has 1 N–H and O–H groups in total. The van der Waals surface area contributed by atoms with Gasteiger partial charge >= 0.3 is 0 Å². The standard InChI is InChI=1S/C30H39F2NO3.ClH/c31-23-14-11-22(12-15-23)13-17-29(35)28-19-24(32)16-18-30(28)36-21-27(34)20-33(25-7-3-1-4-8-25)26-9-5-2-6-10-26;/h11-12,14-16,18-19,25-27,34H,1-10,13,17,20-21H2;1H. The minimum absolute atomic E-state index is 0. The lowest BCUT2D eigenvalue weighted by Crippen LogP contribution is -2.49. The number of aryl methyl sites for hydroxylation is 1. The molecule has 2 aromatic carbocycles. The largest absolute Gasteiger partial charge is 0.490 e. The molecule has 4 nitrogen and oxygen atoms in total. The fourth-order valence-electron chi connectivity index (χ4n) is 5.79. The number of carbonyl (C=O) groups excluding carboxylic acids is 1. The first-order chi connectivity index (χ1) is 17.5. The average Bonchev–Trinajstić information content (AvgIpc) is 2.91. The van der Waals surface area contributed by atoms with Gasteiger partial charge in [0.15, 0.2) is 5.78 Å². The van der Waals surface area contributed by atoms with Gasteiger partial charge in [-0.3, -0.25) is 9.69 Å². The van der Waals surface area contributed by atoms with Crippen LogP contribution in [-0.2, 0) is 6.42 Å². The first-order valence-corrected chi connectivity index (χ1v) is 13.6. The number of Topliss-reactive ketones (excluding diaryl/α,β-unsaturated/α-hetero) is 1. The van der Waals surface area contributed by atoms with Crippen LogP contribution in [0.5, 0.6) is 5.75 Å². The predicted molar refractivity (Wildman–Crippen MR) is 145 cm³/mol. The molecule has 0 heterocycles. The molecule has 2 aliphatic carbocycles. The van der Waals surface area contributed by atoms with Gasteiger partial charge in [0.2, 0.25) is 0 Å². The smallest absolute Gasteiger partial charge is 0.167 e. The minimum atomic E-state index is -0.693. The van der Waals surface area contributed by atoms with Crippen LogP contribution in [0.4, 0.5) is 8.78 Å². The molecule has 0 aromatic heterocycles. The number of rotatable bonds is 11. The number of halogens is 3. The topological polar surface area (TPSA) is 49.8 Å². The van der Waals surface area contributed by atoms with Crippen molar-refractivity contribution in [1.29, 1.82) is 0 Å². The maximum absolute atomic E-state index is 14.0. The Morgan fingerprint density at radius 2 is 1.46 bits per heavy atom. The van der Waals surface area contributed by atoms with Crippen molar-refractivity contribution in [1.82, 2.24) is 4.90 Å². The molecular weight excluding hydrogens is 496 g/mol. The van der Waals surface area contributed by atoms with Crippen LogP contribution in [0.15, 0.2) is 42.5 Å². The Kier molecular flexibility index (Phi) is 11.8. The zero-order chi connectivity index (χ0) is 25.3. The molecule has 2 saturated carbocycles. The van der Waals surface area contributed by atoms with E-state index in [1.54, 1.807) is 12.1 Å². The summed E-state index contributed by atoms with van der Waals surface area (Å²) in [5, 5.41) is 10.9. The summed E-state index contributed by atoms with van der Waals surface area (Å²) in [6.45, 7) is 0.615.